The number of thiazole rings is 2. The molecule has 0 saturated carbocycles. The number of aromatic nitrogens is 5. The minimum atomic E-state index is 0.467. The highest BCUT2D eigenvalue weighted by atomic mass is 32.1. The van der Waals surface area contributed by atoms with Crippen molar-refractivity contribution in [1.82, 2.24) is 30.5 Å². The van der Waals surface area contributed by atoms with Crippen LogP contribution < -0.4 is 10.2 Å². The highest BCUT2D eigenvalue weighted by Crippen LogP contribution is 2.38. The molecular formula is C23H25N7S2. The minimum Gasteiger partial charge on any atom is -0.339 e. The normalized spacial score (nSPS) is 22.9. The van der Waals surface area contributed by atoms with Crippen molar-refractivity contribution in [1.29, 1.82) is 0 Å². The molecule has 0 spiro atoms. The Kier molecular flexibility index (Phi) is 5.12. The molecule has 32 heavy (non-hydrogen) atoms. The van der Waals surface area contributed by atoms with Crippen LogP contribution in [0.5, 0.6) is 0 Å². The quantitative estimate of drug-likeness (QED) is 0.470. The molecule has 9 heteroatoms. The first-order valence-electron chi connectivity index (χ1n) is 11.1. The van der Waals surface area contributed by atoms with Gasteiger partial charge in [-0.3, -0.25) is 0 Å². The Balaban J connectivity index is 1.28. The molecule has 1 unspecified atom stereocenters. The van der Waals surface area contributed by atoms with Crippen molar-refractivity contribution in [2.24, 2.45) is 0 Å². The molecule has 2 saturated heterocycles. The lowest BCUT2D eigenvalue weighted by molar-refractivity contribution is 0.218. The third-order valence-corrected chi connectivity index (χ3v) is 8.55. The van der Waals surface area contributed by atoms with Crippen LogP contribution in [0, 0.1) is 6.92 Å². The second-order valence-corrected chi connectivity index (χ2v) is 10.9. The Labute approximate surface area is 195 Å². The largest absolute Gasteiger partial charge is 0.339 e. The standard InChI is InChI=1S/C23H25N7S2/c1-13-24-11-20(32-13)18-7-6-17(22-21(18)26-12-31-22)19-10-25-23(29-28-19)30(2)16-8-14-4-3-5-15(9-16)27-14/h6-7,10-12,14-16,27H,3-5,8-9H2,1-2H3/t14-,15+,16?. The number of rotatable bonds is 4. The molecule has 2 aliphatic heterocycles. The molecule has 4 aromatic rings. The smallest absolute Gasteiger partial charge is 0.245 e. The Morgan fingerprint density at radius 2 is 1.81 bits per heavy atom. The second kappa shape index (κ2) is 8.13. The number of hydrogen-bond acceptors (Lipinski definition) is 9. The van der Waals surface area contributed by atoms with Crippen LogP contribution in [-0.2, 0) is 0 Å². The topological polar surface area (TPSA) is 79.7 Å². The Morgan fingerprint density at radius 1 is 1.00 bits per heavy atom. The first-order chi connectivity index (χ1) is 15.7. The van der Waals surface area contributed by atoms with Crippen LogP contribution in [0.2, 0.25) is 0 Å². The predicted octanol–water partition coefficient (Wildman–Crippen LogP) is 4.69. The third kappa shape index (κ3) is 3.58. The number of piperidine rings is 2. The number of fused-ring (bicyclic) bond motifs is 3. The van der Waals surface area contributed by atoms with Crippen LogP contribution in [0.1, 0.15) is 37.1 Å². The molecule has 3 atom stereocenters. The van der Waals surface area contributed by atoms with Crippen LogP contribution in [0.15, 0.2) is 30.0 Å². The molecule has 2 fully saturated rings. The third-order valence-electron chi connectivity index (χ3n) is 6.75. The van der Waals surface area contributed by atoms with Crippen LogP contribution in [0.25, 0.3) is 31.9 Å². The first kappa shape index (κ1) is 20.1. The Bertz CT molecular complexity index is 1240. The molecule has 0 amide bonds. The number of nitrogens with zero attached hydrogens (tertiary/aromatic N) is 6. The molecule has 3 aromatic heterocycles. The number of hydrogen-bond donors (Lipinski definition) is 1. The summed E-state index contributed by atoms with van der Waals surface area (Å²) in [5.74, 6) is 0.705. The van der Waals surface area contributed by atoms with Crippen LogP contribution >= 0.6 is 22.7 Å². The second-order valence-electron chi connectivity index (χ2n) is 8.81. The van der Waals surface area contributed by atoms with Gasteiger partial charge in [0.05, 0.1) is 31.8 Å². The lowest BCUT2D eigenvalue weighted by Crippen LogP contribution is -2.54. The van der Waals surface area contributed by atoms with Gasteiger partial charge in [0.25, 0.3) is 0 Å². The zero-order valence-electron chi connectivity index (χ0n) is 18.2. The van der Waals surface area contributed by atoms with Crippen LogP contribution in [0.3, 0.4) is 0 Å². The van der Waals surface area contributed by atoms with E-state index < -0.39 is 0 Å². The van der Waals surface area contributed by atoms with Gasteiger partial charge in [-0.25, -0.2) is 15.0 Å². The summed E-state index contributed by atoms with van der Waals surface area (Å²) in [5, 5.41) is 13.9. The lowest BCUT2D eigenvalue weighted by atomic mass is 9.83. The van der Waals surface area contributed by atoms with Gasteiger partial charge in [0.15, 0.2) is 0 Å². The van der Waals surface area contributed by atoms with E-state index in [9.17, 15) is 0 Å². The summed E-state index contributed by atoms with van der Waals surface area (Å²) < 4.78 is 1.11. The van der Waals surface area contributed by atoms with Gasteiger partial charge in [-0.1, -0.05) is 18.6 Å². The summed E-state index contributed by atoms with van der Waals surface area (Å²) in [5.41, 5.74) is 5.80. The fourth-order valence-corrected chi connectivity index (χ4v) is 6.75. The summed E-state index contributed by atoms with van der Waals surface area (Å²) in [6.07, 6.45) is 9.98. The number of benzene rings is 1. The van der Waals surface area contributed by atoms with Gasteiger partial charge in [-0.05, 0) is 32.6 Å². The molecule has 1 aromatic carbocycles. The van der Waals surface area contributed by atoms with Crippen molar-refractivity contribution in [3.63, 3.8) is 0 Å². The predicted molar refractivity (Wildman–Crippen MR) is 130 cm³/mol. The summed E-state index contributed by atoms with van der Waals surface area (Å²) in [4.78, 5) is 17.1. The van der Waals surface area contributed by atoms with E-state index in [-0.39, 0.29) is 0 Å². The maximum absolute atomic E-state index is 4.71. The average Bonchev–Trinajstić information content (AvgIpc) is 3.47. The fourth-order valence-electron chi connectivity index (χ4n) is 5.11. The summed E-state index contributed by atoms with van der Waals surface area (Å²) in [6, 6.07) is 5.94. The molecule has 1 N–H and O–H groups in total. The first-order valence-corrected chi connectivity index (χ1v) is 12.8. The number of anilines is 1. The van der Waals surface area contributed by atoms with E-state index in [0.717, 1.165) is 49.8 Å². The van der Waals surface area contributed by atoms with Crippen LogP contribution in [0.4, 0.5) is 5.95 Å². The zero-order chi connectivity index (χ0) is 21.7. The van der Waals surface area contributed by atoms with Gasteiger partial charge >= 0.3 is 0 Å². The minimum absolute atomic E-state index is 0.467. The van der Waals surface area contributed by atoms with Crippen molar-refractivity contribution >= 4 is 38.8 Å². The number of aryl methyl sites for hydroxylation is 1. The summed E-state index contributed by atoms with van der Waals surface area (Å²) in [6.45, 7) is 2.02. The molecule has 5 heterocycles. The lowest BCUT2D eigenvalue weighted by Gasteiger charge is -2.43. The molecule has 6 rings (SSSR count). The van der Waals surface area contributed by atoms with Gasteiger partial charge in [0, 0.05) is 42.5 Å². The van der Waals surface area contributed by atoms with E-state index in [4.69, 9.17) is 4.98 Å². The van der Waals surface area contributed by atoms with E-state index in [0.29, 0.717) is 24.1 Å². The highest BCUT2D eigenvalue weighted by molar-refractivity contribution is 7.18. The van der Waals surface area contributed by atoms with Gasteiger partial charge in [-0.2, -0.15) is 0 Å². The molecule has 0 radical (unpaired) electrons. The van der Waals surface area contributed by atoms with Crippen LogP contribution in [-0.4, -0.2) is 50.3 Å². The molecule has 0 aliphatic carbocycles. The molecular weight excluding hydrogens is 438 g/mol. The zero-order valence-corrected chi connectivity index (χ0v) is 19.8. The van der Waals surface area contributed by atoms with E-state index in [1.165, 1.54) is 19.3 Å². The van der Waals surface area contributed by atoms with Gasteiger partial charge in [0.2, 0.25) is 5.95 Å². The summed E-state index contributed by atoms with van der Waals surface area (Å²) >= 11 is 3.32. The van der Waals surface area contributed by atoms with E-state index >= 15 is 0 Å². The fraction of sp³-hybridized carbons (Fsp3) is 0.435. The molecule has 164 valence electrons. The molecule has 2 aliphatic rings. The van der Waals surface area contributed by atoms with Crippen molar-refractivity contribution in [3.8, 4) is 21.7 Å². The van der Waals surface area contributed by atoms with Crippen molar-refractivity contribution < 1.29 is 0 Å². The maximum Gasteiger partial charge on any atom is 0.245 e. The monoisotopic (exact) mass is 463 g/mol. The van der Waals surface area contributed by atoms with Crippen molar-refractivity contribution in [2.45, 2.75) is 57.2 Å². The van der Waals surface area contributed by atoms with Gasteiger partial charge in [-0.15, -0.1) is 32.9 Å². The molecule has 7 nitrogen and oxygen atoms in total. The SMILES string of the molecule is Cc1ncc(-c2ccc(-c3cnc(N(C)C4C[C@H]5CCC[C@@H](C4)N5)nn3)c3scnc23)s1. The highest BCUT2D eigenvalue weighted by Gasteiger charge is 2.33. The Morgan fingerprint density at radius 3 is 2.53 bits per heavy atom. The maximum atomic E-state index is 4.71. The van der Waals surface area contributed by atoms with E-state index in [1.807, 2.05) is 24.8 Å². The van der Waals surface area contributed by atoms with Gasteiger partial charge < -0.3 is 10.2 Å². The Hall–Kier alpha value is -2.49. The van der Waals surface area contributed by atoms with E-state index in [2.05, 4.69) is 49.6 Å². The van der Waals surface area contributed by atoms with E-state index in [1.54, 1.807) is 22.7 Å². The summed E-state index contributed by atoms with van der Waals surface area (Å²) in [7, 11) is 2.11. The van der Waals surface area contributed by atoms with Crippen molar-refractivity contribution in [2.75, 3.05) is 11.9 Å². The van der Waals surface area contributed by atoms with Crippen molar-refractivity contribution in [3.05, 3.63) is 35.0 Å². The van der Waals surface area contributed by atoms with Gasteiger partial charge in [0.1, 0.15) is 5.69 Å². The molecule has 2 bridgehead atoms. The number of nitrogens with one attached hydrogen (secondary N) is 1. The average molecular weight is 464 g/mol.